The summed E-state index contributed by atoms with van der Waals surface area (Å²) in [7, 11) is 0. The van der Waals surface area contributed by atoms with Crippen LogP contribution in [0.4, 0.5) is 11.4 Å². The lowest BCUT2D eigenvalue weighted by Crippen LogP contribution is -1.96. The van der Waals surface area contributed by atoms with Crippen molar-refractivity contribution in [2.45, 2.75) is 0 Å². The number of nitro groups is 2. The Bertz CT molecular complexity index is 636. The second kappa shape index (κ2) is 5.22. The third-order valence-electron chi connectivity index (χ3n) is 2.42. The number of phenols is 1. The zero-order valence-corrected chi connectivity index (χ0v) is 9.92. The van der Waals surface area contributed by atoms with E-state index in [9.17, 15) is 25.3 Å². The third kappa shape index (κ3) is 2.64. The Morgan fingerprint density at radius 1 is 0.900 bits per heavy atom. The van der Waals surface area contributed by atoms with Crippen LogP contribution in [0.2, 0.25) is 0 Å². The van der Waals surface area contributed by atoms with E-state index < -0.39 is 27.0 Å². The molecule has 0 unspecified atom stereocenters. The van der Waals surface area contributed by atoms with Crippen LogP contribution in [0, 0.1) is 20.2 Å². The average Bonchev–Trinajstić information content (AvgIpc) is 2.41. The largest absolute Gasteiger partial charge is 0.497 e. The number of aromatic hydroxyl groups is 1. The highest BCUT2D eigenvalue weighted by Gasteiger charge is 2.27. The van der Waals surface area contributed by atoms with Crippen LogP contribution in [-0.2, 0) is 0 Å². The standard InChI is InChI=1S/C12H8N2O6/c15-12-10(13(16)17)6-9(7-11(12)14(18)19)20-8-4-2-1-3-5-8/h1-7,15H. The number of phenolic OH excluding ortho intramolecular Hbond substituents is 1. The first-order chi connectivity index (χ1) is 9.49. The van der Waals surface area contributed by atoms with Crippen molar-refractivity contribution in [3.63, 3.8) is 0 Å². The summed E-state index contributed by atoms with van der Waals surface area (Å²) in [5, 5.41) is 31.0. The Morgan fingerprint density at radius 2 is 1.40 bits per heavy atom. The summed E-state index contributed by atoms with van der Waals surface area (Å²) in [6.07, 6.45) is 0. The molecule has 1 N–H and O–H groups in total. The maximum atomic E-state index is 10.8. The van der Waals surface area contributed by atoms with Crippen LogP contribution in [0.15, 0.2) is 42.5 Å². The third-order valence-corrected chi connectivity index (χ3v) is 2.42. The highest BCUT2D eigenvalue weighted by Crippen LogP contribution is 2.40. The minimum atomic E-state index is -1.000. The van der Waals surface area contributed by atoms with Crippen LogP contribution in [0.5, 0.6) is 17.2 Å². The van der Waals surface area contributed by atoms with Crippen molar-refractivity contribution in [1.82, 2.24) is 0 Å². The van der Waals surface area contributed by atoms with Crippen LogP contribution in [0.3, 0.4) is 0 Å². The zero-order valence-electron chi connectivity index (χ0n) is 9.92. The Kier molecular flexibility index (Phi) is 3.47. The summed E-state index contributed by atoms with van der Waals surface area (Å²) in [5.41, 5.74) is -1.57. The number of hydrogen-bond donors (Lipinski definition) is 1. The average molecular weight is 276 g/mol. The van der Waals surface area contributed by atoms with Crippen molar-refractivity contribution >= 4 is 11.4 Å². The van der Waals surface area contributed by atoms with Gasteiger partial charge in [0.05, 0.1) is 22.0 Å². The molecule has 0 aliphatic heterocycles. The molecule has 0 heterocycles. The predicted octanol–water partition coefficient (Wildman–Crippen LogP) is 3.00. The molecule has 102 valence electrons. The summed E-state index contributed by atoms with van der Waals surface area (Å²) in [4.78, 5) is 19.7. The molecule has 0 saturated carbocycles. The zero-order chi connectivity index (χ0) is 14.7. The van der Waals surface area contributed by atoms with Gasteiger partial charge >= 0.3 is 11.4 Å². The molecule has 0 aliphatic rings. The fourth-order valence-electron chi connectivity index (χ4n) is 1.54. The number of benzene rings is 2. The second-order valence-electron chi connectivity index (χ2n) is 3.74. The number of rotatable bonds is 4. The van der Waals surface area contributed by atoms with Gasteiger partial charge in [-0.3, -0.25) is 20.2 Å². The van der Waals surface area contributed by atoms with Crippen LogP contribution < -0.4 is 4.74 Å². The quantitative estimate of drug-likeness (QED) is 0.677. The molecule has 0 fully saturated rings. The molecule has 20 heavy (non-hydrogen) atoms. The first-order valence-electron chi connectivity index (χ1n) is 5.37. The van der Waals surface area contributed by atoms with Crippen molar-refractivity contribution in [2.24, 2.45) is 0 Å². The number of ether oxygens (including phenoxy) is 1. The monoisotopic (exact) mass is 276 g/mol. The van der Waals surface area contributed by atoms with Gasteiger partial charge in [0.15, 0.2) is 0 Å². The van der Waals surface area contributed by atoms with Crippen molar-refractivity contribution in [1.29, 1.82) is 0 Å². The molecular weight excluding hydrogens is 268 g/mol. The first kappa shape index (κ1) is 13.3. The van der Waals surface area contributed by atoms with Crippen LogP contribution >= 0.6 is 0 Å². The van der Waals surface area contributed by atoms with Crippen LogP contribution in [-0.4, -0.2) is 15.0 Å². The summed E-state index contributed by atoms with van der Waals surface area (Å²) in [6, 6.07) is 10.1. The van der Waals surface area contributed by atoms with Gasteiger partial charge in [0.1, 0.15) is 11.5 Å². The predicted molar refractivity (Wildman–Crippen MR) is 67.9 cm³/mol. The molecule has 8 heteroatoms. The molecule has 8 nitrogen and oxygen atoms in total. The van der Waals surface area contributed by atoms with Crippen molar-refractivity contribution in [3.8, 4) is 17.2 Å². The molecule has 0 spiro atoms. The van der Waals surface area contributed by atoms with Gasteiger partial charge in [-0.2, -0.15) is 0 Å². The molecule has 0 bridgehead atoms. The molecular formula is C12H8N2O6. The lowest BCUT2D eigenvalue weighted by Gasteiger charge is -2.06. The van der Waals surface area contributed by atoms with Gasteiger partial charge in [-0.05, 0) is 12.1 Å². The molecule has 2 aromatic rings. The van der Waals surface area contributed by atoms with Gasteiger partial charge < -0.3 is 9.84 Å². The molecule has 0 aliphatic carbocycles. The maximum Gasteiger partial charge on any atom is 0.321 e. The lowest BCUT2D eigenvalue weighted by atomic mass is 10.2. The van der Waals surface area contributed by atoms with E-state index in [0.29, 0.717) is 5.75 Å². The minimum Gasteiger partial charge on any atom is -0.497 e. The lowest BCUT2D eigenvalue weighted by molar-refractivity contribution is -0.396. The van der Waals surface area contributed by atoms with Gasteiger partial charge in [0.25, 0.3) is 5.75 Å². The highest BCUT2D eigenvalue weighted by molar-refractivity contribution is 5.63. The first-order valence-corrected chi connectivity index (χ1v) is 5.37. The van der Waals surface area contributed by atoms with Crippen molar-refractivity contribution < 1.29 is 19.7 Å². The van der Waals surface area contributed by atoms with Crippen LogP contribution in [0.1, 0.15) is 0 Å². The van der Waals surface area contributed by atoms with Gasteiger partial charge in [0, 0.05) is 0 Å². The van der Waals surface area contributed by atoms with E-state index in [1.807, 2.05) is 0 Å². The number of para-hydroxylation sites is 1. The van der Waals surface area contributed by atoms with E-state index in [4.69, 9.17) is 4.74 Å². The van der Waals surface area contributed by atoms with E-state index in [2.05, 4.69) is 0 Å². The summed E-state index contributed by atoms with van der Waals surface area (Å²) >= 11 is 0. The SMILES string of the molecule is O=[N+]([O-])c1cc(Oc2ccccc2)cc([N+](=O)[O-])c1O. The van der Waals surface area contributed by atoms with E-state index in [1.54, 1.807) is 30.3 Å². The Hall–Kier alpha value is -3.16. The fourth-order valence-corrected chi connectivity index (χ4v) is 1.54. The highest BCUT2D eigenvalue weighted by atomic mass is 16.6. The molecule has 2 aromatic carbocycles. The number of hydrogen-bond acceptors (Lipinski definition) is 6. The van der Waals surface area contributed by atoms with Gasteiger partial charge in [0.2, 0.25) is 0 Å². The van der Waals surface area contributed by atoms with Crippen LogP contribution in [0.25, 0.3) is 0 Å². The second-order valence-corrected chi connectivity index (χ2v) is 3.74. The smallest absolute Gasteiger partial charge is 0.321 e. The summed E-state index contributed by atoms with van der Waals surface area (Å²) in [5.74, 6) is -0.741. The van der Waals surface area contributed by atoms with Crippen molar-refractivity contribution in [2.75, 3.05) is 0 Å². The van der Waals surface area contributed by atoms with Gasteiger partial charge in [-0.1, -0.05) is 18.2 Å². The summed E-state index contributed by atoms with van der Waals surface area (Å²) < 4.78 is 5.30. The van der Waals surface area contributed by atoms with Gasteiger partial charge in [-0.25, -0.2) is 0 Å². The number of nitro benzene ring substituents is 2. The van der Waals surface area contributed by atoms with Crippen molar-refractivity contribution in [3.05, 3.63) is 62.7 Å². The van der Waals surface area contributed by atoms with E-state index in [1.165, 1.54) is 0 Å². The van der Waals surface area contributed by atoms with E-state index >= 15 is 0 Å². The Morgan fingerprint density at radius 3 is 1.85 bits per heavy atom. The van der Waals surface area contributed by atoms with Gasteiger partial charge in [-0.15, -0.1) is 0 Å². The number of nitrogens with zero attached hydrogens (tertiary/aromatic N) is 2. The normalized spacial score (nSPS) is 10.0. The fraction of sp³-hybridized carbons (Fsp3) is 0. The molecule has 2 rings (SSSR count). The summed E-state index contributed by atoms with van der Waals surface area (Å²) in [6.45, 7) is 0. The molecule has 0 amide bonds. The topological polar surface area (TPSA) is 116 Å². The molecule has 0 saturated heterocycles. The maximum absolute atomic E-state index is 10.8. The molecule has 0 radical (unpaired) electrons. The molecule has 0 atom stereocenters. The Labute approximate surface area is 112 Å². The molecule has 0 aromatic heterocycles. The van der Waals surface area contributed by atoms with E-state index in [0.717, 1.165) is 12.1 Å². The van der Waals surface area contributed by atoms with E-state index in [-0.39, 0.29) is 5.75 Å². The minimum absolute atomic E-state index is 0.104. The Balaban J connectivity index is 2.49.